The first-order valence-electron chi connectivity index (χ1n) is 16.7. The largest absolute Gasteiger partial charge is 0.382 e. The Balaban J connectivity index is 3.55. The highest BCUT2D eigenvalue weighted by atomic mass is 16.6. The molecule has 0 aromatic heterocycles. The molecule has 260 valence electrons. The smallest absolute Gasteiger partial charge is 0.239 e. The summed E-state index contributed by atoms with van der Waals surface area (Å²) in [6, 6.07) is -0.671. The number of nitrogens with two attached hydrogens (primary N) is 1. The lowest BCUT2D eigenvalue weighted by molar-refractivity contribution is -0.127. The van der Waals surface area contributed by atoms with Gasteiger partial charge in [0.25, 0.3) is 0 Å². The molecule has 0 aliphatic rings. The third-order valence-electron chi connectivity index (χ3n) is 6.82. The molecule has 12 heteroatoms. The number of rotatable bonds is 35. The molecule has 0 spiro atoms. The lowest BCUT2D eigenvalue weighted by Crippen LogP contribution is -2.44. The van der Waals surface area contributed by atoms with Crippen molar-refractivity contribution in [3.8, 4) is 0 Å². The summed E-state index contributed by atoms with van der Waals surface area (Å²) in [7, 11) is 1.63. The summed E-state index contributed by atoms with van der Waals surface area (Å²) in [4.78, 5) is 36.0. The molecule has 1 unspecified atom stereocenters. The number of ether oxygens (including phenoxy) is 6. The number of unbranched alkanes of at least 4 members (excludes halogenated alkanes) is 9. The van der Waals surface area contributed by atoms with E-state index in [1.165, 1.54) is 38.5 Å². The Morgan fingerprint density at radius 1 is 0.568 bits per heavy atom. The number of carbonyl (C=O) groups is 3. The summed E-state index contributed by atoms with van der Waals surface area (Å²) in [5, 5.41) is 5.62. The number of primary amides is 1. The van der Waals surface area contributed by atoms with E-state index in [-0.39, 0.29) is 18.2 Å². The van der Waals surface area contributed by atoms with Crippen molar-refractivity contribution in [3.05, 3.63) is 0 Å². The van der Waals surface area contributed by atoms with Crippen LogP contribution in [0.5, 0.6) is 0 Å². The van der Waals surface area contributed by atoms with Gasteiger partial charge in [-0.05, 0) is 25.7 Å². The van der Waals surface area contributed by atoms with Crippen molar-refractivity contribution < 1.29 is 42.8 Å². The van der Waals surface area contributed by atoms with E-state index >= 15 is 0 Å². The number of amides is 3. The number of carbonyl (C=O) groups excluding carboxylic acids is 3. The van der Waals surface area contributed by atoms with Crippen LogP contribution in [-0.2, 0) is 42.8 Å². The minimum Gasteiger partial charge on any atom is -0.382 e. The zero-order valence-electron chi connectivity index (χ0n) is 27.7. The molecular weight excluding hydrogens is 570 g/mol. The van der Waals surface area contributed by atoms with E-state index in [1.807, 2.05) is 0 Å². The highest BCUT2D eigenvalue weighted by molar-refractivity contribution is 5.86. The Labute approximate surface area is 266 Å². The van der Waals surface area contributed by atoms with Gasteiger partial charge in [0.05, 0.1) is 72.7 Å². The van der Waals surface area contributed by atoms with E-state index < -0.39 is 11.9 Å². The van der Waals surface area contributed by atoms with Gasteiger partial charge < -0.3 is 44.8 Å². The molecule has 4 N–H and O–H groups in total. The maximum Gasteiger partial charge on any atom is 0.239 e. The van der Waals surface area contributed by atoms with Crippen LogP contribution in [0.1, 0.15) is 96.8 Å². The SMILES string of the molecule is CCCCCCCCCCCC(=O)NC(CCCCNC(=O)CCOCCOCCOCCOCCOCCOC)C(N)=O. The van der Waals surface area contributed by atoms with Crippen LogP contribution < -0.4 is 16.4 Å². The van der Waals surface area contributed by atoms with Crippen molar-refractivity contribution in [1.29, 1.82) is 0 Å². The van der Waals surface area contributed by atoms with E-state index in [4.69, 9.17) is 34.2 Å². The topological polar surface area (TPSA) is 157 Å². The molecule has 0 saturated heterocycles. The van der Waals surface area contributed by atoms with Gasteiger partial charge in [-0.2, -0.15) is 0 Å². The Kier molecular flexibility index (Phi) is 32.6. The monoisotopic (exact) mass is 633 g/mol. The molecule has 44 heavy (non-hydrogen) atoms. The van der Waals surface area contributed by atoms with Crippen LogP contribution in [0.25, 0.3) is 0 Å². The van der Waals surface area contributed by atoms with E-state index in [0.29, 0.717) is 105 Å². The molecule has 0 heterocycles. The molecule has 0 radical (unpaired) electrons. The van der Waals surface area contributed by atoms with Gasteiger partial charge in [-0.25, -0.2) is 0 Å². The summed E-state index contributed by atoms with van der Waals surface area (Å²) in [5.41, 5.74) is 5.48. The molecule has 0 saturated carbocycles. The lowest BCUT2D eigenvalue weighted by atomic mass is 10.1. The van der Waals surface area contributed by atoms with Crippen LogP contribution in [0.4, 0.5) is 0 Å². The number of hydrogen-bond donors (Lipinski definition) is 3. The fraction of sp³-hybridized carbons (Fsp3) is 0.906. The van der Waals surface area contributed by atoms with Gasteiger partial charge in [-0.15, -0.1) is 0 Å². The van der Waals surface area contributed by atoms with Gasteiger partial charge in [-0.1, -0.05) is 58.3 Å². The normalized spacial score (nSPS) is 11.9. The van der Waals surface area contributed by atoms with Crippen LogP contribution in [0.3, 0.4) is 0 Å². The molecule has 12 nitrogen and oxygen atoms in total. The quantitative estimate of drug-likeness (QED) is 0.0892. The second-order valence-electron chi connectivity index (χ2n) is 10.8. The Morgan fingerprint density at radius 3 is 1.55 bits per heavy atom. The van der Waals surface area contributed by atoms with Crippen molar-refractivity contribution in [2.75, 3.05) is 86.3 Å². The highest BCUT2D eigenvalue weighted by Crippen LogP contribution is 2.11. The van der Waals surface area contributed by atoms with Crippen LogP contribution in [0, 0.1) is 0 Å². The van der Waals surface area contributed by atoms with Crippen LogP contribution in [-0.4, -0.2) is 110 Å². The zero-order chi connectivity index (χ0) is 32.4. The molecule has 0 aromatic rings. The van der Waals surface area contributed by atoms with Crippen molar-refractivity contribution >= 4 is 17.7 Å². The van der Waals surface area contributed by atoms with Crippen molar-refractivity contribution in [2.45, 2.75) is 103 Å². The molecule has 1 atom stereocenters. The van der Waals surface area contributed by atoms with Crippen molar-refractivity contribution in [1.82, 2.24) is 10.6 Å². The van der Waals surface area contributed by atoms with E-state index in [2.05, 4.69) is 17.6 Å². The molecule has 0 bridgehead atoms. The van der Waals surface area contributed by atoms with Crippen molar-refractivity contribution in [2.24, 2.45) is 5.73 Å². The Hall–Kier alpha value is -1.83. The summed E-state index contributed by atoms with van der Waals surface area (Å²) in [5.74, 6) is -0.741. The van der Waals surface area contributed by atoms with E-state index in [0.717, 1.165) is 19.3 Å². The zero-order valence-corrected chi connectivity index (χ0v) is 27.7. The van der Waals surface area contributed by atoms with Gasteiger partial charge in [0, 0.05) is 26.5 Å². The second-order valence-corrected chi connectivity index (χ2v) is 10.8. The molecule has 0 aromatic carbocycles. The summed E-state index contributed by atoms with van der Waals surface area (Å²) >= 11 is 0. The first-order valence-corrected chi connectivity index (χ1v) is 16.7. The predicted octanol–water partition coefficient (Wildman–Crippen LogP) is 3.28. The average molecular weight is 634 g/mol. The fourth-order valence-corrected chi connectivity index (χ4v) is 4.23. The lowest BCUT2D eigenvalue weighted by Gasteiger charge is -2.15. The van der Waals surface area contributed by atoms with Crippen molar-refractivity contribution in [3.63, 3.8) is 0 Å². The molecule has 0 fully saturated rings. The predicted molar refractivity (Wildman–Crippen MR) is 170 cm³/mol. The molecule has 3 amide bonds. The molecule has 0 aliphatic carbocycles. The number of methoxy groups -OCH3 is 1. The summed E-state index contributed by atoms with van der Waals surface area (Å²) in [6.07, 6.45) is 13.2. The van der Waals surface area contributed by atoms with Crippen LogP contribution in [0.15, 0.2) is 0 Å². The van der Waals surface area contributed by atoms with E-state index in [9.17, 15) is 14.4 Å². The minimum atomic E-state index is -0.671. The molecular formula is C32H63N3O9. The molecule has 0 aliphatic heterocycles. The number of hydrogen-bond acceptors (Lipinski definition) is 9. The first kappa shape index (κ1) is 42.2. The van der Waals surface area contributed by atoms with E-state index in [1.54, 1.807) is 7.11 Å². The minimum absolute atomic E-state index is 0.0937. The number of nitrogens with one attached hydrogen (secondary N) is 2. The fourth-order valence-electron chi connectivity index (χ4n) is 4.23. The Bertz CT molecular complexity index is 671. The van der Waals surface area contributed by atoms with Gasteiger partial charge in [0.1, 0.15) is 6.04 Å². The van der Waals surface area contributed by atoms with Crippen LogP contribution >= 0.6 is 0 Å². The van der Waals surface area contributed by atoms with Gasteiger partial charge in [0.2, 0.25) is 17.7 Å². The average Bonchev–Trinajstić information content (AvgIpc) is 3.00. The maximum absolute atomic E-state index is 12.2. The van der Waals surface area contributed by atoms with Gasteiger partial charge in [0.15, 0.2) is 0 Å². The van der Waals surface area contributed by atoms with Gasteiger partial charge in [-0.3, -0.25) is 14.4 Å². The highest BCUT2D eigenvalue weighted by Gasteiger charge is 2.17. The van der Waals surface area contributed by atoms with Gasteiger partial charge >= 0.3 is 0 Å². The third kappa shape index (κ3) is 31.6. The summed E-state index contributed by atoms with van der Waals surface area (Å²) in [6.45, 7) is 7.99. The second kappa shape index (κ2) is 34.1. The maximum atomic E-state index is 12.2. The molecule has 0 rings (SSSR count). The first-order chi connectivity index (χ1) is 21.5. The standard InChI is InChI=1S/C32H63N3O9/c1-3-4-5-6-7-8-9-10-11-15-31(37)35-29(32(33)38)14-12-13-17-34-30(36)16-18-40-21-22-42-25-26-44-28-27-43-24-23-41-20-19-39-2/h29H,3-28H2,1-2H3,(H2,33,38)(H,34,36)(H,35,37). The Morgan fingerprint density at radius 2 is 1.05 bits per heavy atom. The third-order valence-corrected chi connectivity index (χ3v) is 6.82. The van der Waals surface area contributed by atoms with Crippen LogP contribution in [0.2, 0.25) is 0 Å². The summed E-state index contributed by atoms with van der Waals surface area (Å²) < 4.78 is 31.9.